The van der Waals surface area contributed by atoms with Gasteiger partial charge >= 0.3 is 0 Å². The molecule has 0 radical (unpaired) electrons. The van der Waals surface area contributed by atoms with Crippen LogP contribution in [0, 0.1) is 17.0 Å². The first-order valence-electron chi connectivity index (χ1n) is 13.0. The second kappa shape index (κ2) is 11.3. The van der Waals surface area contributed by atoms with Gasteiger partial charge in [0.1, 0.15) is 12.4 Å². The molecule has 6 rings (SSSR count). The average Bonchev–Trinajstić information content (AvgIpc) is 3.51. The van der Waals surface area contributed by atoms with E-state index in [-0.39, 0.29) is 17.9 Å². The number of hydrogen-bond donors (Lipinski definition) is 0. The monoisotopic (exact) mass is 574 g/mol. The smallest absolute Gasteiger partial charge is 0.283 e. The van der Waals surface area contributed by atoms with Crippen molar-refractivity contribution in [2.24, 2.45) is 0 Å². The minimum absolute atomic E-state index is 0.0204. The molecule has 0 unspecified atom stereocenters. The molecule has 1 aliphatic carbocycles. The zero-order chi connectivity index (χ0) is 29.2. The van der Waals surface area contributed by atoms with Gasteiger partial charge in [-0.15, -0.1) is 10.2 Å². The highest BCUT2D eigenvalue weighted by atomic mass is 32.2. The fourth-order valence-electron chi connectivity index (χ4n) is 4.68. The molecule has 1 aromatic heterocycles. The van der Waals surface area contributed by atoms with Gasteiger partial charge in [-0.2, -0.15) is 0 Å². The Morgan fingerprint density at radius 3 is 2.24 bits per heavy atom. The second-order valence-electron chi connectivity index (χ2n) is 9.47. The lowest BCUT2D eigenvalue weighted by Crippen LogP contribution is -2.07. The second-order valence-corrected chi connectivity index (χ2v) is 10.5. The van der Waals surface area contributed by atoms with Crippen molar-refractivity contribution >= 4 is 35.1 Å². The summed E-state index contributed by atoms with van der Waals surface area (Å²) in [6.07, 6.45) is 1.40. The van der Waals surface area contributed by atoms with E-state index in [4.69, 9.17) is 4.74 Å². The highest BCUT2D eigenvalue weighted by Gasteiger charge is 2.32. The third-order valence-electron chi connectivity index (χ3n) is 6.76. The van der Waals surface area contributed by atoms with Crippen molar-refractivity contribution in [3.8, 4) is 11.4 Å². The number of carbonyl (C=O) groups is 2. The molecule has 10 heteroatoms. The van der Waals surface area contributed by atoms with Crippen LogP contribution in [-0.2, 0) is 6.61 Å². The molecule has 0 fully saturated rings. The summed E-state index contributed by atoms with van der Waals surface area (Å²) in [5, 5.41) is 21.2. The van der Waals surface area contributed by atoms with Crippen LogP contribution < -0.4 is 4.74 Å². The Labute approximate surface area is 244 Å². The number of carbonyl (C=O) groups excluding carboxylic acids is 2. The largest absolute Gasteiger partial charge is 0.485 e. The molecule has 0 spiro atoms. The molecule has 0 saturated carbocycles. The summed E-state index contributed by atoms with van der Waals surface area (Å²) in [5.74, 6) is 0.451. The van der Waals surface area contributed by atoms with Gasteiger partial charge in [-0.1, -0.05) is 66.7 Å². The number of benzene rings is 4. The minimum atomic E-state index is -0.497. The lowest BCUT2D eigenvalue weighted by Gasteiger charge is -2.12. The zero-order valence-electron chi connectivity index (χ0n) is 22.3. The number of fused-ring (bicyclic) bond motifs is 1. The molecule has 1 aliphatic rings. The Morgan fingerprint density at radius 1 is 0.881 bits per heavy atom. The Morgan fingerprint density at radius 2 is 1.55 bits per heavy atom. The standard InChI is InChI=1S/C32H22N4O5S/c1-20-9-5-8-14-27(20)41-19-29-33-34-32(35(29)22-10-3-2-4-11-22)42-28-16-15-21(18-26(28)36(39)40)17-25-30(37)23-12-6-7-13-24(23)31(25)38/h2-18H,19H2,1H3. The zero-order valence-corrected chi connectivity index (χ0v) is 23.1. The van der Waals surface area contributed by atoms with Gasteiger partial charge in [0, 0.05) is 22.9 Å². The summed E-state index contributed by atoms with van der Waals surface area (Å²) < 4.78 is 7.83. The number of Topliss-reactive ketones (excluding diaryl/α,β-unsaturated/α-hetero) is 2. The molecule has 4 aromatic carbocycles. The predicted molar refractivity (Wildman–Crippen MR) is 157 cm³/mol. The van der Waals surface area contributed by atoms with Crippen molar-refractivity contribution < 1.29 is 19.2 Å². The van der Waals surface area contributed by atoms with Gasteiger partial charge in [0.25, 0.3) is 5.69 Å². The summed E-state index contributed by atoms with van der Waals surface area (Å²) in [6.45, 7) is 2.08. The molecular weight excluding hydrogens is 552 g/mol. The number of aromatic nitrogens is 3. The summed E-state index contributed by atoms with van der Waals surface area (Å²) >= 11 is 1.09. The molecule has 9 nitrogen and oxygen atoms in total. The van der Waals surface area contributed by atoms with E-state index < -0.39 is 16.5 Å². The van der Waals surface area contributed by atoms with Crippen molar-refractivity contribution in [1.82, 2.24) is 14.8 Å². The number of nitrogens with zero attached hydrogens (tertiary/aromatic N) is 4. The predicted octanol–water partition coefficient (Wildman–Crippen LogP) is 6.68. The molecule has 5 aromatic rings. The number of nitro groups is 1. The highest BCUT2D eigenvalue weighted by molar-refractivity contribution is 7.99. The van der Waals surface area contributed by atoms with Crippen molar-refractivity contribution in [2.75, 3.05) is 0 Å². The molecule has 0 N–H and O–H groups in total. The molecule has 42 heavy (non-hydrogen) atoms. The summed E-state index contributed by atoms with van der Waals surface area (Å²) in [5.41, 5.74) is 2.57. The normalized spacial score (nSPS) is 12.4. The average molecular weight is 575 g/mol. The maximum atomic E-state index is 12.8. The number of para-hydroxylation sites is 2. The third kappa shape index (κ3) is 5.11. The molecule has 0 aliphatic heterocycles. The number of aryl methyl sites for hydroxylation is 1. The number of ether oxygens (including phenoxy) is 1. The van der Waals surface area contributed by atoms with Crippen molar-refractivity contribution in [3.05, 3.63) is 141 Å². The molecule has 206 valence electrons. The third-order valence-corrected chi connectivity index (χ3v) is 7.77. The van der Waals surface area contributed by atoms with Crippen molar-refractivity contribution in [3.63, 3.8) is 0 Å². The quantitative estimate of drug-likeness (QED) is 0.0872. The van der Waals surface area contributed by atoms with Crippen LogP contribution in [0.2, 0.25) is 0 Å². The van der Waals surface area contributed by atoms with Crippen LogP contribution in [0.1, 0.15) is 37.7 Å². The van der Waals surface area contributed by atoms with E-state index in [9.17, 15) is 19.7 Å². The number of allylic oxidation sites excluding steroid dienone is 1. The maximum absolute atomic E-state index is 12.8. The van der Waals surface area contributed by atoms with Gasteiger partial charge in [0.05, 0.1) is 15.4 Å². The summed E-state index contributed by atoms with van der Waals surface area (Å²) in [7, 11) is 0. The first-order chi connectivity index (χ1) is 20.4. The van der Waals surface area contributed by atoms with E-state index >= 15 is 0 Å². The van der Waals surface area contributed by atoms with Crippen LogP contribution in [0.3, 0.4) is 0 Å². The van der Waals surface area contributed by atoms with Gasteiger partial charge < -0.3 is 4.74 Å². The topological polar surface area (TPSA) is 117 Å². The lowest BCUT2D eigenvalue weighted by atomic mass is 10.1. The molecule has 0 atom stereocenters. The van der Waals surface area contributed by atoms with Crippen LogP contribution in [0.25, 0.3) is 11.8 Å². The molecule has 0 bridgehead atoms. The van der Waals surface area contributed by atoms with Gasteiger partial charge in [-0.05, 0) is 60.2 Å². The van der Waals surface area contributed by atoms with E-state index in [0.717, 1.165) is 28.8 Å². The van der Waals surface area contributed by atoms with Crippen molar-refractivity contribution in [1.29, 1.82) is 0 Å². The molecule has 1 heterocycles. The van der Waals surface area contributed by atoms with Gasteiger partial charge in [-0.3, -0.25) is 24.3 Å². The fraction of sp³-hybridized carbons (Fsp3) is 0.0625. The molecule has 0 saturated heterocycles. The molecular formula is C32H22N4O5S. The van der Waals surface area contributed by atoms with Crippen LogP contribution in [0.4, 0.5) is 5.69 Å². The summed E-state index contributed by atoms with van der Waals surface area (Å²) in [4.78, 5) is 37.6. The number of hydrogen-bond acceptors (Lipinski definition) is 8. The van der Waals surface area contributed by atoms with Crippen LogP contribution >= 0.6 is 11.8 Å². The molecule has 0 amide bonds. The van der Waals surface area contributed by atoms with Crippen LogP contribution in [-0.4, -0.2) is 31.3 Å². The lowest BCUT2D eigenvalue weighted by molar-refractivity contribution is -0.387. The van der Waals surface area contributed by atoms with E-state index in [1.54, 1.807) is 41.0 Å². The van der Waals surface area contributed by atoms with Gasteiger partial charge in [-0.25, -0.2) is 0 Å². The van der Waals surface area contributed by atoms with E-state index in [2.05, 4.69) is 10.2 Å². The first-order valence-corrected chi connectivity index (χ1v) is 13.8. The van der Waals surface area contributed by atoms with E-state index in [0.29, 0.717) is 32.6 Å². The maximum Gasteiger partial charge on any atom is 0.283 e. The Balaban J connectivity index is 1.33. The Bertz CT molecular complexity index is 1860. The Kier molecular flexibility index (Phi) is 7.20. The first kappa shape index (κ1) is 26.9. The minimum Gasteiger partial charge on any atom is -0.485 e. The fourth-order valence-corrected chi connectivity index (χ4v) is 5.63. The van der Waals surface area contributed by atoms with Crippen molar-refractivity contribution in [2.45, 2.75) is 23.6 Å². The van der Waals surface area contributed by atoms with Crippen LogP contribution in [0.15, 0.2) is 113 Å². The van der Waals surface area contributed by atoms with Crippen LogP contribution in [0.5, 0.6) is 5.75 Å². The number of rotatable bonds is 8. The Hall–Kier alpha value is -5.35. The highest BCUT2D eigenvalue weighted by Crippen LogP contribution is 2.37. The van der Waals surface area contributed by atoms with E-state index in [1.165, 1.54) is 12.1 Å². The summed E-state index contributed by atoms with van der Waals surface area (Å²) in [6, 6.07) is 28.2. The number of nitro benzene ring substituents is 1. The number of ketones is 2. The SMILES string of the molecule is Cc1ccccc1OCc1nnc(Sc2ccc(C=C3C(=O)c4ccccc4C3=O)cc2[N+](=O)[O-])n1-c1ccccc1. The van der Waals surface area contributed by atoms with Gasteiger partial charge in [0.15, 0.2) is 17.4 Å². The van der Waals surface area contributed by atoms with Gasteiger partial charge in [0.2, 0.25) is 5.16 Å². The van der Waals surface area contributed by atoms with E-state index in [1.807, 2.05) is 61.5 Å².